The third-order valence-electron chi connectivity index (χ3n) is 7.31. The lowest BCUT2D eigenvalue weighted by molar-refractivity contribution is 0.482. The van der Waals surface area contributed by atoms with Crippen LogP contribution in [0, 0.1) is 13.8 Å². The highest BCUT2D eigenvalue weighted by Crippen LogP contribution is 2.43. The number of hydrogen-bond donors (Lipinski definition) is 1. The van der Waals surface area contributed by atoms with Gasteiger partial charge in [-0.25, -0.2) is 0 Å². The zero-order valence-electron chi connectivity index (χ0n) is 22.0. The molecule has 0 bridgehead atoms. The van der Waals surface area contributed by atoms with Crippen LogP contribution in [0.25, 0.3) is 0 Å². The monoisotopic (exact) mass is 530 g/mol. The first-order chi connectivity index (χ1) is 19.1. The molecule has 0 radical (unpaired) electrons. The highest BCUT2D eigenvalue weighted by atomic mass is 32.1. The Morgan fingerprint density at radius 1 is 0.821 bits per heavy atom. The molecule has 5 aromatic rings. The average Bonchev–Trinajstić information content (AvgIpc) is 3.46. The van der Waals surface area contributed by atoms with Crippen LogP contribution < -0.4 is 15.0 Å². The molecule has 1 N–H and O–H groups in total. The van der Waals surface area contributed by atoms with Gasteiger partial charge in [-0.3, -0.25) is 4.98 Å². The van der Waals surface area contributed by atoms with E-state index < -0.39 is 0 Å². The van der Waals surface area contributed by atoms with E-state index in [0.717, 1.165) is 29.4 Å². The highest BCUT2D eigenvalue weighted by Gasteiger charge is 2.42. The topological polar surface area (TPSA) is 42.3 Å². The SMILES string of the molecule is Cc1cc([C@H]2[C@H](c3ccccn3)NC(=S)N2c2ccc(Oc3ccccc3)cc2)c(C)n1Cc1ccccc1. The van der Waals surface area contributed by atoms with E-state index in [2.05, 4.69) is 83.2 Å². The van der Waals surface area contributed by atoms with E-state index in [-0.39, 0.29) is 12.1 Å². The van der Waals surface area contributed by atoms with E-state index in [1.54, 1.807) is 0 Å². The average molecular weight is 531 g/mol. The third kappa shape index (κ3) is 5.03. The number of ether oxygens (including phenoxy) is 1. The lowest BCUT2D eigenvalue weighted by Gasteiger charge is -2.28. The number of rotatable bonds is 7. The fourth-order valence-electron chi connectivity index (χ4n) is 5.38. The fraction of sp³-hybridized carbons (Fsp3) is 0.152. The predicted molar refractivity (Wildman–Crippen MR) is 160 cm³/mol. The number of anilines is 1. The van der Waals surface area contributed by atoms with Crippen molar-refractivity contribution < 1.29 is 4.74 Å². The van der Waals surface area contributed by atoms with Crippen molar-refractivity contribution in [3.8, 4) is 11.5 Å². The van der Waals surface area contributed by atoms with Gasteiger partial charge in [0, 0.05) is 29.8 Å². The molecule has 1 fully saturated rings. The van der Waals surface area contributed by atoms with Crippen molar-refractivity contribution >= 4 is 23.0 Å². The Hall–Kier alpha value is -4.42. The van der Waals surface area contributed by atoms with Gasteiger partial charge in [-0.05, 0) is 91.8 Å². The van der Waals surface area contributed by atoms with Crippen LogP contribution >= 0.6 is 12.2 Å². The smallest absolute Gasteiger partial charge is 0.174 e. The Morgan fingerprint density at radius 3 is 2.18 bits per heavy atom. The largest absolute Gasteiger partial charge is 0.457 e. The summed E-state index contributed by atoms with van der Waals surface area (Å²) in [5.74, 6) is 1.59. The van der Waals surface area contributed by atoms with E-state index in [9.17, 15) is 0 Å². The molecule has 1 saturated heterocycles. The lowest BCUT2D eigenvalue weighted by atomic mass is 9.96. The van der Waals surface area contributed by atoms with Crippen LogP contribution in [0.5, 0.6) is 11.5 Å². The molecule has 3 heterocycles. The van der Waals surface area contributed by atoms with Gasteiger partial charge >= 0.3 is 0 Å². The minimum atomic E-state index is -0.0929. The van der Waals surface area contributed by atoms with Gasteiger partial charge in [-0.15, -0.1) is 0 Å². The molecule has 0 aliphatic carbocycles. The standard InChI is InChI=1S/C33H30N4OS/c1-23-21-29(24(2)36(23)22-25-11-5-3-6-12-25)32-31(30-15-9-10-20-34-30)35-33(39)37(32)26-16-18-28(19-17-26)38-27-13-7-4-8-14-27/h3-21,31-32H,22H2,1-2H3,(H,35,39)/t31-,32-/m0/s1. The zero-order valence-corrected chi connectivity index (χ0v) is 22.8. The van der Waals surface area contributed by atoms with Gasteiger partial charge in [-0.1, -0.05) is 54.6 Å². The van der Waals surface area contributed by atoms with Gasteiger partial charge in [0.05, 0.1) is 17.8 Å². The van der Waals surface area contributed by atoms with E-state index in [1.165, 1.54) is 22.5 Å². The van der Waals surface area contributed by atoms with Gasteiger partial charge < -0.3 is 19.5 Å². The Bertz CT molecular complexity index is 1570. The summed E-state index contributed by atoms with van der Waals surface area (Å²) in [5, 5.41) is 4.26. The Labute approximate surface area is 234 Å². The highest BCUT2D eigenvalue weighted by molar-refractivity contribution is 7.80. The summed E-state index contributed by atoms with van der Waals surface area (Å²) in [7, 11) is 0. The number of thiocarbonyl (C=S) groups is 1. The molecule has 0 unspecified atom stereocenters. The molecular formula is C33H30N4OS. The van der Waals surface area contributed by atoms with Gasteiger partial charge in [0.15, 0.2) is 5.11 Å². The van der Waals surface area contributed by atoms with Crippen molar-refractivity contribution in [2.45, 2.75) is 32.5 Å². The Balaban J connectivity index is 1.38. The van der Waals surface area contributed by atoms with Gasteiger partial charge in [0.25, 0.3) is 0 Å². The molecular weight excluding hydrogens is 500 g/mol. The number of benzene rings is 3. The summed E-state index contributed by atoms with van der Waals surface area (Å²) in [6.07, 6.45) is 1.84. The normalized spacial score (nSPS) is 16.8. The first-order valence-electron chi connectivity index (χ1n) is 13.1. The maximum Gasteiger partial charge on any atom is 0.174 e. The molecule has 1 aliphatic heterocycles. The number of pyridine rings is 1. The number of hydrogen-bond acceptors (Lipinski definition) is 3. The zero-order chi connectivity index (χ0) is 26.8. The second-order valence-electron chi connectivity index (χ2n) is 9.80. The number of nitrogens with zero attached hydrogens (tertiary/aromatic N) is 3. The molecule has 5 nitrogen and oxygen atoms in total. The summed E-state index contributed by atoms with van der Waals surface area (Å²) < 4.78 is 8.42. The molecule has 0 saturated carbocycles. The van der Waals surface area contributed by atoms with Crippen LogP contribution in [0.4, 0.5) is 5.69 Å². The van der Waals surface area contributed by atoms with E-state index in [4.69, 9.17) is 21.9 Å². The maximum atomic E-state index is 6.04. The second kappa shape index (κ2) is 10.8. The van der Waals surface area contributed by atoms with Crippen molar-refractivity contribution in [1.82, 2.24) is 14.9 Å². The first-order valence-corrected chi connectivity index (χ1v) is 13.5. The molecule has 0 spiro atoms. The number of aromatic nitrogens is 2. The van der Waals surface area contributed by atoms with Crippen molar-refractivity contribution in [2.75, 3.05) is 4.90 Å². The molecule has 0 amide bonds. The van der Waals surface area contributed by atoms with Crippen LogP contribution in [-0.4, -0.2) is 14.7 Å². The quantitative estimate of drug-likeness (QED) is 0.221. The maximum absolute atomic E-state index is 6.04. The summed E-state index contributed by atoms with van der Waals surface area (Å²) in [6.45, 7) is 5.20. The molecule has 6 rings (SSSR count). The minimum absolute atomic E-state index is 0.0657. The van der Waals surface area contributed by atoms with Crippen LogP contribution in [0.3, 0.4) is 0 Å². The fourth-order valence-corrected chi connectivity index (χ4v) is 5.73. The van der Waals surface area contributed by atoms with Crippen molar-refractivity contribution in [1.29, 1.82) is 0 Å². The molecule has 6 heteroatoms. The Morgan fingerprint density at radius 2 is 1.49 bits per heavy atom. The van der Waals surface area contributed by atoms with Crippen LogP contribution in [0.2, 0.25) is 0 Å². The summed E-state index contributed by atoms with van der Waals surface area (Å²) in [5.41, 5.74) is 6.92. The molecule has 3 aromatic carbocycles. The Kier molecular flexibility index (Phi) is 6.86. The van der Waals surface area contributed by atoms with Gasteiger partial charge in [0.1, 0.15) is 11.5 Å². The molecule has 2 aromatic heterocycles. The van der Waals surface area contributed by atoms with Crippen LogP contribution in [-0.2, 0) is 6.54 Å². The molecule has 1 aliphatic rings. The lowest BCUT2D eigenvalue weighted by Crippen LogP contribution is -2.29. The van der Waals surface area contributed by atoms with Crippen molar-refractivity contribution in [2.24, 2.45) is 0 Å². The first kappa shape index (κ1) is 24.9. The second-order valence-corrected chi connectivity index (χ2v) is 10.2. The van der Waals surface area contributed by atoms with E-state index in [0.29, 0.717) is 5.11 Å². The number of para-hydroxylation sites is 1. The van der Waals surface area contributed by atoms with E-state index >= 15 is 0 Å². The van der Waals surface area contributed by atoms with Crippen LogP contribution in [0.15, 0.2) is 115 Å². The van der Waals surface area contributed by atoms with Crippen LogP contribution in [0.1, 0.15) is 40.3 Å². The van der Waals surface area contributed by atoms with Crippen molar-refractivity contribution in [3.63, 3.8) is 0 Å². The molecule has 39 heavy (non-hydrogen) atoms. The third-order valence-corrected chi connectivity index (χ3v) is 7.62. The van der Waals surface area contributed by atoms with Crippen molar-refractivity contribution in [3.05, 3.63) is 144 Å². The number of aryl methyl sites for hydroxylation is 1. The van der Waals surface area contributed by atoms with Gasteiger partial charge in [-0.2, -0.15) is 0 Å². The predicted octanol–water partition coefficient (Wildman–Crippen LogP) is 7.52. The number of nitrogens with one attached hydrogen (secondary N) is 1. The summed E-state index contributed by atoms with van der Waals surface area (Å²) in [4.78, 5) is 6.93. The van der Waals surface area contributed by atoms with Gasteiger partial charge in [0.2, 0.25) is 0 Å². The summed E-state index contributed by atoms with van der Waals surface area (Å²) >= 11 is 5.95. The molecule has 194 valence electrons. The minimum Gasteiger partial charge on any atom is -0.457 e. The summed E-state index contributed by atoms with van der Waals surface area (Å²) in [6, 6.07) is 36.7. The van der Waals surface area contributed by atoms with E-state index in [1.807, 2.05) is 60.8 Å². The molecule has 2 atom stereocenters.